The van der Waals surface area contributed by atoms with E-state index in [9.17, 15) is 4.79 Å². The summed E-state index contributed by atoms with van der Waals surface area (Å²) >= 11 is 0. The van der Waals surface area contributed by atoms with E-state index in [1.54, 1.807) is 17.2 Å². The molecule has 0 aromatic carbocycles. The van der Waals surface area contributed by atoms with Crippen molar-refractivity contribution in [1.29, 1.82) is 0 Å². The molecule has 0 bridgehead atoms. The highest BCUT2D eigenvalue weighted by molar-refractivity contribution is 5.78. The van der Waals surface area contributed by atoms with Crippen LogP contribution in [0.2, 0.25) is 0 Å². The molecule has 0 saturated heterocycles. The first-order valence-electron chi connectivity index (χ1n) is 4.03. The van der Waals surface area contributed by atoms with E-state index in [0.717, 1.165) is 5.70 Å². The van der Waals surface area contributed by atoms with Crippen LogP contribution < -0.4 is 0 Å². The number of hydrogen-bond acceptors (Lipinski definition) is 2. The van der Waals surface area contributed by atoms with Gasteiger partial charge in [0.05, 0.1) is 0 Å². The van der Waals surface area contributed by atoms with Crippen LogP contribution in [0.15, 0.2) is 48.4 Å². The molecule has 1 N–H and O–H groups in total. The van der Waals surface area contributed by atoms with E-state index in [0.29, 0.717) is 0 Å². The summed E-state index contributed by atoms with van der Waals surface area (Å²) in [7, 11) is 0. The van der Waals surface area contributed by atoms with Crippen LogP contribution in [0.3, 0.4) is 0 Å². The summed E-state index contributed by atoms with van der Waals surface area (Å²) < 4.78 is 0. The standard InChI is InChI=1S/C10H9NO2/c12-10(13)9-6-5-8-4-2-1-3-7-11(8)9/h1-7,9H,(H,12,13). The first-order valence-corrected chi connectivity index (χ1v) is 4.03. The largest absolute Gasteiger partial charge is 0.479 e. The van der Waals surface area contributed by atoms with Crippen LogP contribution in [-0.2, 0) is 4.79 Å². The van der Waals surface area contributed by atoms with Crippen LogP contribution in [0.1, 0.15) is 0 Å². The van der Waals surface area contributed by atoms with Crippen molar-refractivity contribution in [3.05, 3.63) is 48.4 Å². The van der Waals surface area contributed by atoms with Crippen LogP contribution in [0.4, 0.5) is 0 Å². The molecule has 13 heavy (non-hydrogen) atoms. The Morgan fingerprint density at radius 3 is 3.00 bits per heavy atom. The molecule has 2 aliphatic rings. The van der Waals surface area contributed by atoms with Crippen molar-refractivity contribution in [3.8, 4) is 0 Å². The van der Waals surface area contributed by atoms with Gasteiger partial charge >= 0.3 is 5.97 Å². The van der Waals surface area contributed by atoms with Crippen molar-refractivity contribution >= 4 is 5.97 Å². The molecule has 0 saturated carbocycles. The molecule has 2 rings (SSSR count). The molecule has 0 amide bonds. The Labute approximate surface area is 76.0 Å². The molecular weight excluding hydrogens is 166 g/mol. The molecule has 3 heteroatoms. The Balaban J connectivity index is 2.33. The number of aliphatic carboxylic acids is 1. The molecule has 66 valence electrons. The first-order chi connectivity index (χ1) is 6.29. The number of rotatable bonds is 1. The Bertz CT molecular complexity index is 350. The fraction of sp³-hybridized carbons (Fsp3) is 0.100. The van der Waals surface area contributed by atoms with Crippen molar-refractivity contribution in [2.75, 3.05) is 0 Å². The second-order valence-corrected chi connectivity index (χ2v) is 2.87. The van der Waals surface area contributed by atoms with Crippen molar-refractivity contribution in [1.82, 2.24) is 4.90 Å². The summed E-state index contributed by atoms with van der Waals surface area (Å²) in [6, 6.07) is -0.553. The Morgan fingerprint density at radius 1 is 1.38 bits per heavy atom. The van der Waals surface area contributed by atoms with E-state index < -0.39 is 12.0 Å². The molecule has 0 spiro atoms. The van der Waals surface area contributed by atoms with Gasteiger partial charge in [0.2, 0.25) is 0 Å². The third-order valence-corrected chi connectivity index (χ3v) is 2.04. The predicted octanol–water partition coefficient (Wildman–Crippen LogP) is 1.28. The summed E-state index contributed by atoms with van der Waals surface area (Å²) in [5.74, 6) is -0.828. The number of hydrogen-bond donors (Lipinski definition) is 1. The lowest BCUT2D eigenvalue weighted by molar-refractivity contribution is -0.139. The predicted molar refractivity (Wildman–Crippen MR) is 48.8 cm³/mol. The summed E-state index contributed by atoms with van der Waals surface area (Å²) in [4.78, 5) is 12.5. The lowest BCUT2D eigenvalue weighted by Crippen LogP contribution is -2.31. The molecule has 0 aromatic heterocycles. The van der Waals surface area contributed by atoms with E-state index in [2.05, 4.69) is 0 Å². The monoisotopic (exact) mass is 175 g/mol. The molecule has 1 unspecified atom stereocenters. The lowest BCUT2D eigenvalue weighted by atomic mass is 10.3. The maximum absolute atomic E-state index is 10.8. The van der Waals surface area contributed by atoms with Gasteiger partial charge in [-0.1, -0.05) is 12.2 Å². The first kappa shape index (κ1) is 7.86. The fourth-order valence-electron chi connectivity index (χ4n) is 1.41. The van der Waals surface area contributed by atoms with Gasteiger partial charge in [-0.05, 0) is 24.3 Å². The highest BCUT2D eigenvalue weighted by Gasteiger charge is 2.26. The number of carboxylic acid groups (broad SMARTS) is 1. The number of carbonyl (C=O) groups is 1. The van der Waals surface area contributed by atoms with Crippen molar-refractivity contribution in [2.45, 2.75) is 6.04 Å². The molecule has 0 aliphatic carbocycles. The molecule has 0 radical (unpaired) electrons. The molecule has 0 aromatic rings. The SMILES string of the molecule is O=C(O)C1C=CC2=CC=CC=CN21. The average Bonchev–Trinajstić information content (AvgIpc) is 2.36. The van der Waals surface area contributed by atoms with E-state index in [-0.39, 0.29) is 0 Å². The fourth-order valence-corrected chi connectivity index (χ4v) is 1.41. The summed E-state index contributed by atoms with van der Waals surface area (Å²) in [5.41, 5.74) is 0.914. The molecule has 0 fully saturated rings. The Kier molecular flexibility index (Phi) is 1.77. The van der Waals surface area contributed by atoms with Gasteiger partial charge in [-0.25, -0.2) is 4.79 Å². The minimum absolute atomic E-state index is 0.553. The Morgan fingerprint density at radius 2 is 2.23 bits per heavy atom. The normalized spacial score (nSPS) is 24.2. The second kappa shape index (κ2) is 2.94. The molecule has 1 atom stereocenters. The number of nitrogens with zero attached hydrogens (tertiary/aromatic N) is 1. The summed E-state index contributed by atoms with van der Waals surface area (Å²) in [5, 5.41) is 8.87. The molecule has 2 heterocycles. The minimum Gasteiger partial charge on any atom is -0.479 e. The van der Waals surface area contributed by atoms with E-state index in [1.165, 1.54) is 0 Å². The van der Waals surface area contributed by atoms with E-state index >= 15 is 0 Å². The average molecular weight is 175 g/mol. The number of carboxylic acids is 1. The summed E-state index contributed by atoms with van der Waals surface area (Å²) in [6.45, 7) is 0. The van der Waals surface area contributed by atoms with Gasteiger partial charge in [0.1, 0.15) is 6.04 Å². The van der Waals surface area contributed by atoms with Gasteiger partial charge in [-0.2, -0.15) is 0 Å². The van der Waals surface area contributed by atoms with Crippen LogP contribution in [-0.4, -0.2) is 22.0 Å². The van der Waals surface area contributed by atoms with E-state index in [4.69, 9.17) is 5.11 Å². The lowest BCUT2D eigenvalue weighted by Gasteiger charge is -2.19. The molecule has 2 aliphatic heterocycles. The zero-order valence-corrected chi connectivity index (χ0v) is 6.92. The van der Waals surface area contributed by atoms with Crippen molar-refractivity contribution in [2.24, 2.45) is 0 Å². The zero-order chi connectivity index (χ0) is 9.26. The minimum atomic E-state index is -0.828. The van der Waals surface area contributed by atoms with Crippen LogP contribution in [0.25, 0.3) is 0 Å². The van der Waals surface area contributed by atoms with Crippen LogP contribution >= 0.6 is 0 Å². The second-order valence-electron chi connectivity index (χ2n) is 2.87. The smallest absolute Gasteiger partial charge is 0.330 e. The molecular formula is C10H9NO2. The number of allylic oxidation sites excluding steroid dienone is 5. The van der Waals surface area contributed by atoms with Gasteiger partial charge in [0, 0.05) is 11.9 Å². The van der Waals surface area contributed by atoms with Gasteiger partial charge in [0.25, 0.3) is 0 Å². The van der Waals surface area contributed by atoms with Crippen molar-refractivity contribution in [3.63, 3.8) is 0 Å². The third-order valence-electron chi connectivity index (χ3n) is 2.04. The third kappa shape index (κ3) is 1.28. The topological polar surface area (TPSA) is 40.5 Å². The highest BCUT2D eigenvalue weighted by atomic mass is 16.4. The van der Waals surface area contributed by atoms with Gasteiger partial charge in [0.15, 0.2) is 0 Å². The van der Waals surface area contributed by atoms with Gasteiger partial charge < -0.3 is 10.0 Å². The highest BCUT2D eigenvalue weighted by Crippen LogP contribution is 2.22. The maximum atomic E-state index is 10.8. The van der Waals surface area contributed by atoms with Gasteiger partial charge in [-0.3, -0.25) is 0 Å². The van der Waals surface area contributed by atoms with Gasteiger partial charge in [-0.15, -0.1) is 0 Å². The zero-order valence-electron chi connectivity index (χ0n) is 6.92. The summed E-state index contributed by atoms with van der Waals surface area (Å²) in [6.07, 6.45) is 12.7. The van der Waals surface area contributed by atoms with Crippen LogP contribution in [0, 0.1) is 0 Å². The Hall–Kier alpha value is -1.77. The maximum Gasteiger partial charge on any atom is 0.330 e. The van der Waals surface area contributed by atoms with Crippen LogP contribution in [0.5, 0.6) is 0 Å². The molecule has 3 nitrogen and oxygen atoms in total. The quantitative estimate of drug-likeness (QED) is 0.652. The van der Waals surface area contributed by atoms with Crippen molar-refractivity contribution < 1.29 is 9.90 Å². The number of fused-ring (bicyclic) bond motifs is 1. The van der Waals surface area contributed by atoms with E-state index in [1.807, 2.05) is 30.4 Å².